The number of aliphatic hydroxyl groups excluding tert-OH is 3. The van der Waals surface area contributed by atoms with Gasteiger partial charge in [0.1, 0.15) is 6.54 Å². The summed E-state index contributed by atoms with van der Waals surface area (Å²) in [6.07, 6.45) is 41.8. The van der Waals surface area contributed by atoms with Crippen molar-refractivity contribution < 1.29 is 33.4 Å². The van der Waals surface area contributed by atoms with Gasteiger partial charge in [0.15, 0.2) is 12.4 Å². The Bertz CT molecular complexity index is 1980. The first-order valence-electron chi connectivity index (χ1n) is 51.0. The molecule has 0 radical (unpaired) electrons. The van der Waals surface area contributed by atoms with Crippen LogP contribution in [-0.4, -0.2) is 263 Å². The highest BCUT2D eigenvalue weighted by Gasteiger charge is 2.33. The van der Waals surface area contributed by atoms with Crippen LogP contribution in [0.15, 0.2) is 30.6 Å². The molecule has 1 aromatic rings. The fourth-order valence-corrected chi connectivity index (χ4v) is 15.6. The molecule has 120 heavy (non-hydrogen) atoms. The maximum atomic E-state index is 12.8. The number of morpholine rings is 1. The van der Waals surface area contributed by atoms with Crippen LogP contribution in [0.25, 0.3) is 0 Å². The average Bonchev–Trinajstić information content (AvgIpc) is 0.877. The summed E-state index contributed by atoms with van der Waals surface area (Å²) in [7, 11) is 4.25. The Morgan fingerprint density at radius 3 is 0.967 bits per heavy atom. The van der Waals surface area contributed by atoms with E-state index < -0.39 is 5.92 Å². The van der Waals surface area contributed by atoms with Crippen LogP contribution in [0.5, 0.6) is 0 Å². The molecule has 16 heteroatoms. The molecule has 13 nitrogen and oxygen atoms in total. The molecule has 6 aliphatic rings. The van der Waals surface area contributed by atoms with E-state index in [4.69, 9.17) is 20.1 Å². The Kier molecular flexibility index (Phi) is 92.3. The number of rotatable bonds is 43. The monoisotopic (exact) mass is 1730 g/mol. The van der Waals surface area contributed by atoms with Crippen LogP contribution in [0, 0.1) is 71.0 Å². The summed E-state index contributed by atoms with van der Waals surface area (Å²) in [5.41, 5.74) is 0. The van der Waals surface area contributed by atoms with Gasteiger partial charge in [0.05, 0.1) is 26.4 Å². The fraction of sp³-hybridized carbons (Fsp3) is 0.952. The molecule has 1 aromatic heterocycles. The largest absolute Gasteiger partial charge is 0.396 e. The van der Waals surface area contributed by atoms with Crippen molar-refractivity contribution in [1.82, 2.24) is 39.2 Å². The van der Waals surface area contributed by atoms with Gasteiger partial charge in [-0.25, -0.2) is 13.3 Å². The van der Waals surface area contributed by atoms with Gasteiger partial charge in [0.2, 0.25) is 0 Å². The number of piperidine rings is 4. The van der Waals surface area contributed by atoms with Crippen LogP contribution < -0.4 is 4.57 Å². The van der Waals surface area contributed by atoms with E-state index >= 15 is 0 Å². The maximum absolute atomic E-state index is 12.8. The Morgan fingerprint density at radius 2 is 0.650 bits per heavy atom. The number of aryl methyl sites for hydroxylation is 1. The number of likely N-dealkylation sites (tertiary alicyclic amines) is 4. The summed E-state index contributed by atoms with van der Waals surface area (Å²) >= 11 is 2.10. The van der Waals surface area contributed by atoms with Crippen LogP contribution >= 0.6 is 11.8 Å². The van der Waals surface area contributed by atoms with Crippen molar-refractivity contribution in [2.24, 2.45) is 71.0 Å². The van der Waals surface area contributed by atoms with E-state index in [1.165, 1.54) is 257 Å². The topological polar surface area (TPSA) is 99.7 Å². The van der Waals surface area contributed by atoms with Gasteiger partial charge in [-0.15, -0.1) is 0 Å². The molecule has 0 unspecified atom stereocenters. The van der Waals surface area contributed by atoms with E-state index in [9.17, 15) is 8.78 Å². The van der Waals surface area contributed by atoms with E-state index in [1.54, 1.807) is 0 Å². The summed E-state index contributed by atoms with van der Waals surface area (Å²) in [5, 5.41) is 25.8. The normalized spacial score (nSPS) is 17.1. The minimum Gasteiger partial charge on any atom is -0.396 e. The first-order valence-corrected chi connectivity index (χ1v) is 52.1. The molecule has 0 aromatic carbocycles. The fourth-order valence-electron chi connectivity index (χ4n) is 14.7. The van der Waals surface area contributed by atoms with Crippen molar-refractivity contribution in [3.63, 3.8) is 0 Å². The molecule has 0 saturated carbocycles. The molecule has 6 aliphatic heterocycles. The number of ether oxygens (including phenoxy) is 1. The Morgan fingerprint density at radius 1 is 0.358 bits per heavy atom. The molecule has 0 atom stereocenters. The highest BCUT2D eigenvalue weighted by molar-refractivity contribution is 7.99. The third-order valence-electron chi connectivity index (χ3n) is 22.5. The maximum Gasteiger partial charge on any atom is 0.250 e. The zero-order chi connectivity index (χ0) is 91.0. The molecule has 3 N–H and O–H groups in total. The van der Waals surface area contributed by atoms with Crippen LogP contribution in [0.3, 0.4) is 0 Å². The highest BCUT2D eigenvalue weighted by Crippen LogP contribution is 2.28. The zero-order valence-corrected chi connectivity index (χ0v) is 86.5. The van der Waals surface area contributed by atoms with E-state index in [2.05, 4.69) is 266 Å². The second kappa shape index (κ2) is 88.5. The highest BCUT2D eigenvalue weighted by atomic mass is 32.2. The summed E-state index contributed by atoms with van der Waals surface area (Å²) in [5.74, 6) is 10.4. The van der Waals surface area contributed by atoms with Crippen molar-refractivity contribution in [1.29, 1.82) is 0 Å². The van der Waals surface area contributed by atoms with Gasteiger partial charge in [-0.1, -0.05) is 185 Å². The Balaban J connectivity index is -0.000000622. The number of aromatic nitrogens is 1. The number of pyridine rings is 1. The molecule has 722 valence electrons. The number of halogens is 2. The van der Waals surface area contributed by atoms with Gasteiger partial charge in [-0.3, -0.25) is 9.80 Å². The molecular formula is C104H218F2N9O4S+. The number of hydrogen-bond acceptors (Lipinski definition) is 13. The second-order valence-electron chi connectivity index (χ2n) is 41.5. The van der Waals surface area contributed by atoms with Crippen LogP contribution in [0.1, 0.15) is 359 Å². The minimum atomic E-state index is -2.39. The van der Waals surface area contributed by atoms with E-state index in [-0.39, 0.29) is 26.1 Å². The van der Waals surface area contributed by atoms with Crippen molar-refractivity contribution >= 4 is 11.8 Å². The van der Waals surface area contributed by atoms with Crippen molar-refractivity contribution in [2.45, 2.75) is 371 Å². The van der Waals surface area contributed by atoms with E-state index in [0.29, 0.717) is 32.8 Å². The van der Waals surface area contributed by atoms with Gasteiger partial charge in [-0.2, -0.15) is 11.8 Å². The summed E-state index contributed by atoms with van der Waals surface area (Å²) in [6.45, 7) is 83.3. The molecule has 6 saturated heterocycles. The quantitative estimate of drug-likeness (QED) is 0.0542. The molecule has 0 aliphatic carbocycles. The van der Waals surface area contributed by atoms with Crippen LogP contribution in [0.4, 0.5) is 8.78 Å². The molecular weight excluding hydrogens is 1510 g/mol. The molecule has 0 amide bonds. The summed E-state index contributed by atoms with van der Waals surface area (Å²) < 4.78 is 33.1. The summed E-state index contributed by atoms with van der Waals surface area (Å²) in [6, 6.07) is 6.21. The third kappa shape index (κ3) is 101. The molecule has 0 spiro atoms. The van der Waals surface area contributed by atoms with E-state index in [0.717, 1.165) is 143 Å². The predicted molar refractivity (Wildman–Crippen MR) is 531 cm³/mol. The van der Waals surface area contributed by atoms with Gasteiger partial charge in [0.25, 0.3) is 5.92 Å². The third-order valence-corrected chi connectivity index (χ3v) is 23.4. The van der Waals surface area contributed by atoms with Crippen molar-refractivity contribution in [2.75, 3.05) is 203 Å². The summed E-state index contributed by atoms with van der Waals surface area (Å²) in [4.78, 5) is 19.5. The number of aliphatic hydroxyl groups is 3. The average molecular weight is 1730 g/mol. The van der Waals surface area contributed by atoms with E-state index in [1.807, 2.05) is 0 Å². The second-order valence-corrected chi connectivity index (χ2v) is 42.7. The number of thioether (sulfide) groups is 1. The Hall–Kier alpha value is -1.12. The lowest BCUT2D eigenvalue weighted by atomic mass is 9.99. The first kappa shape index (κ1) is 125. The minimum absolute atomic E-state index is 0.0503. The number of hydrogen-bond donors (Lipinski definition) is 3. The van der Waals surface area contributed by atoms with Gasteiger partial charge < -0.3 is 49.5 Å². The standard InChI is InChI=1S/C12H25N.C11H21F2N.2C11H23N.C11H18N.C10H23NO2.C10H21NO.C10H21NS.C8H19N.C6H14O.C4H10/c1-11(2)5-4-8-13-9-6-12(3)7-10-13;1-10(2)4-3-7-14-8-5-11(12,13)6-9-14;3*1-11(2)7-6-10-12-8-4-3-5-9-12;1-10(2)4-3-5-11(6-8-12)7-9-13;2*1-10(2)4-3-5-11-6-8-12-9-7-11;1-8(2)6-5-7-9(3)4;1-6(2)4-3-5-7;1-4(2)3/h11-12H,4-10H2,1-3H3;10H,3-9H2,1-2H3;2*11H,3-10H2,1-2H3;3-5,8-9,11H,6-7,10H2,1-2H3;10,12-13H,3-9H2,1-2H3;2*10H,3-9H2,1-2H3;8H,5-7H2,1-4H3;6-7H,3-5H2,1-2H3;4H,1-3H3/q;;;;+1;;;;;;. The lowest BCUT2D eigenvalue weighted by Gasteiger charge is -2.31. The van der Waals surface area contributed by atoms with Crippen LogP contribution in [0.2, 0.25) is 0 Å². The Labute approximate surface area is 755 Å². The van der Waals surface area contributed by atoms with Crippen molar-refractivity contribution in [3.8, 4) is 0 Å². The van der Waals surface area contributed by atoms with Gasteiger partial charge in [0, 0.05) is 102 Å². The number of nitrogens with zero attached hydrogens (tertiary/aromatic N) is 9. The zero-order valence-electron chi connectivity index (χ0n) is 85.7. The van der Waals surface area contributed by atoms with Crippen molar-refractivity contribution in [3.05, 3.63) is 30.6 Å². The van der Waals surface area contributed by atoms with Gasteiger partial charge in [-0.05, 0) is 337 Å². The molecule has 7 rings (SSSR count). The number of alkyl halides is 2. The molecule has 6 fully saturated rings. The lowest BCUT2D eigenvalue weighted by molar-refractivity contribution is -0.697. The SMILES string of the molecule is CC(C)C.CC(C)CCCN(C)C.CC(C)CCCN(CCO)CCO.CC(C)CCCN1CCC(C)CC1.CC(C)CCCN1CCC(F)(F)CC1.CC(C)CCCN1CCCCC1.CC(C)CCCN1CCCCC1.CC(C)CCCN1CCOCC1.CC(C)CCCN1CCSCC1.CC(C)CCCO.CC(C)CCC[n+]1ccccc1. The molecule has 7 heterocycles. The smallest absolute Gasteiger partial charge is 0.250 e. The first-order chi connectivity index (χ1) is 56.9. The van der Waals surface area contributed by atoms with Crippen LogP contribution in [-0.2, 0) is 11.3 Å². The van der Waals surface area contributed by atoms with Gasteiger partial charge >= 0.3 is 0 Å². The predicted octanol–water partition coefficient (Wildman–Crippen LogP) is 24.5. The lowest BCUT2D eigenvalue weighted by Crippen LogP contribution is -2.39. The molecule has 0 bridgehead atoms.